The van der Waals surface area contributed by atoms with Gasteiger partial charge >= 0.3 is 12.8 Å². The van der Waals surface area contributed by atoms with E-state index < -0.39 is 18.9 Å². The summed E-state index contributed by atoms with van der Waals surface area (Å²) in [6.07, 6.45) is 1.61. The Morgan fingerprint density at radius 3 is 2.56 bits per heavy atom. The Balaban J connectivity index is 2.16. The van der Waals surface area contributed by atoms with Gasteiger partial charge in [-0.05, 0) is 23.5 Å². The summed E-state index contributed by atoms with van der Waals surface area (Å²) in [5.74, 6) is -0.427. The summed E-state index contributed by atoms with van der Waals surface area (Å²) in [7, 11) is 0. The fraction of sp³-hybridized carbons (Fsp3) is 0.474. The van der Waals surface area contributed by atoms with Crippen LogP contribution in [0.15, 0.2) is 36.5 Å². The number of halogens is 1. The maximum Gasteiger partial charge on any atom is 0.409 e. The summed E-state index contributed by atoms with van der Waals surface area (Å²) in [4.78, 5) is 16.7. The number of esters is 1. The minimum Gasteiger partial charge on any atom is -0.464 e. The third-order valence-electron chi connectivity index (χ3n) is 3.67. The van der Waals surface area contributed by atoms with Gasteiger partial charge < -0.3 is 9.26 Å². The van der Waals surface area contributed by atoms with Gasteiger partial charge in [0.15, 0.2) is 5.75 Å². The Hall–Kier alpha value is -1.62. The Morgan fingerprint density at radius 1 is 1.26 bits per heavy atom. The van der Waals surface area contributed by atoms with Crippen LogP contribution in [0.3, 0.4) is 0 Å². The molecular weight excluding hydrogens is 387 g/mol. The lowest BCUT2D eigenvalue weighted by Gasteiger charge is -2.25. The van der Waals surface area contributed by atoms with E-state index in [0.29, 0.717) is 5.52 Å². The average molecular weight is 413 g/mol. The van der Waals surface area contributed by atoms with Gasteiger partial charge in [-0.15, -0.1) is 0 Å². The molecule has 148 valence electrons. The number of carbonyl (C=O) groups is 1. The largest absolute Gasteiger partial charge is 0.464 e. The van der Waals surface area contributed by atoms with Gasteiger partial charge in [-0.3, -0.25) is 9.78 Å². The van der Waals surface area contributed by atoms with Crippen molar-refractivity contribution in [1.29, 1.82) is 0 Å². The zero-order valence-corrected chi connectivity index (χ0v) is 17.9. The highest BCUT2D eigenvalue weighted by Gasteiger charge is 2.34. The molecule has 1 aromatic carbocycles. The molecule has 0 bridgehead atoms. The van der Waals surface area contributed by atoms with E-state index in [-0.39, 0.29) is 23.7 Å². The number of pyridine rings is 1. The van der Waals surface area contributed by atoms with Gasteiger partial charge in [-0.2, -0.15) is 0 Å². The van der Waals surface area contributed by atoms with Crippen molar-refractivity contribution in [3.8, 4) is 5.75 Å². The molecule has 2 aromatic rings. The molecule has 0 aliphatic carbocycles. The first-order valence-electron chi connectivity index (χ1n) is 8.76. The number of aromatic nitrogens is 1. The number of carbonyl (C=O) groups excluding carboxylic acids is 1. The number of hydrogen-bond acceptors (Lipinski definition) is 5. The molecule has 6 nitrogen and oxygen atoms in total. The number of nitrogens with one attached hydrogen (secondary N) is 1. The van der Waals surface area contributed by atoms with E-state index in [1.165, 1.54) is 0 Å². The van der Waals surface area contributed by atoms with Gasteiger partial charge in [-0.25, -0.2) is 9.65 Å². The number of rotatable bonds is 7. The molecule has 0 saturated carbocycles. The zero-order valence-electron chi connectivity index (χ0n) is 16.2. The predicted molar refractivity (Wildman–Crippen MR) is 108 cm³/mol. The topological polar surface area (TPSA) is 77.5 Å². The number of ether oxygens (including phenoxy) is 1. The zero-order chi connectivity index (χ0) is 20.2. The van der Waals surface area contributed by atoms with Crippen LogP contribution in [0.25, 0.3) is 10.9 Å². The van der Waals surface area contributed by atoms with Crippen molar-refractivity contribution in [3.63, 3.8) is 0 Å². The highest BCUT2D eigenvalue weighted by atomic mass is 35.7. The molecule has 0 spiro atoms. The minimum absolute atomic E-state index is 0.174. The maximum atomic E-state index is 12.8. The number of para-hydroxylation sites is 1. The number of hydrogen-bond donors (Lipinski definition) is 1. The van der Waals surface area contributed by atoms with Gasteiger partial charge in [-0.1, -0.05) is 52.8 Å². The molecule has 0 aliphatic heterocycles. The van der Waals surface area contributed by atoms with E-state index in [1.54, 1.807) is 24.4 Å². The summed E-state index contributed by atoms with van der Waals surface area (Å²) in [6.45, 7) is 5.88. The normalized spacial score (nSPS) is 15.4. The highest BCUT2D eigenvalue weighted by Crippen LogP contribution is 2.50. The fourth-order valence-corrected chi connectivity index (χ4v) is 4.05. The number of nitrogens with zero attached hydrogens (tertiary/aromatic N) is 1. The summed E-state index contributed by atoms with van der Waals surface area (Å²) >= 11 is 6.13. The molecular formula is C19H26ClN2O4P. The minimum atomic E-state index is -3.87. The highest BCUT2D eigenvalue weighted by molar-refractivity contribution is 7.84. The lowest BCUT2D eigenvalue weighted by Crippen LogP contribution is -2.41. The number of fused-ring (bicyclic) bond motifs is 1. The van der Waals surface area contributed by atoms with E-state index in [4.69, 9.17) is 20.5 Å². The molecule has 1 N–H and O–H groups in total. The van der Waals surface area contributed by atoms with Gasteiger partial charge in [0.05, 0.1) is 6.61 Å². The van der Waals surface area contributed by atoms with Crippen LogP contribution in [0, 0.1) is 11.3 Å². The summed E-state index contributed by atoms with van der Waals surface area (Å²) in [5, 5.41) is 3.47. The van der Waals surface area contributed by atoms with Crippen LogP contribution in [0.1, 0.15) is 34.6 Å². The van der Waals surface area contributed by atoms with Crippen molar-refractivity contribution in [2.75, 3.05) is 6.61 Å². The van der Waals surface area contributed by atoms with E-state index in [2.05, 4.69) is 10.1 Å². The van der Waals surface area contributed by atoms with Gasteiger partial charge in [0.1, 0.15) is 11.6 Å². The monoisotopic (exact) mass is 412 g/mol. The molecule has 0 saturated heterocycles. The summed E-state index contributed by atoms with van der Waals surface area (Å²) in [5.41, 5.74) is 0.367. The first-order chi connectivity index (χ1) is 12.5. The second-order valence-electron chi connectivity index (χ2n) is 7.92. The lowest BCUT2D eigenvalue weighted by molar-refractivity contribution is -0.149. The molecule has 0 radical (unpaired) electrons. The van der Waals surface area contributed by atoms with Crippen LogP contribution in [-0.4, -0.2) is 23.6 Å². The van der Waals surface area contributed by atoms with Gasteiger partial charge in [0.2, 0.25) is 0 Å². The number of benzene rings is 1. The van der Waals surface area contributed by atoms with Crippen LogP contribution in [0.2, 0.25) is 0 Å². The third kappa shape index (κ3) is 6.49. The molecule has 2 atom stereocenters. The third-order valence-corrected chi connectivity index (χ3v) is 5.19. The molecule has 2 rings (SSSR count). The van der Waals surface area contributed by atoms with E-state index in [0.717, 1.165) is 5.39 Å². The molecule has 1 unspecified atom stereocenters. The quantitative estimate of drug-likeness (QED) is 0.499. The molecule has 0 amide bonds. The van der Waals surface area contributed by atoms with E-state index in [9.17, 15) is 9.36 Å². The van der Waals surface area contributed by atoms with Crippen LogP contribution in [-0.2, 0) is 14.1 Å². The average Bonchev–Trinajstić information content (AvgIpc) is 2.57. The Morgan fingerprint density at radius 2 is 1.93 bits per heavy atom. The molecule has 1 heterocycles. The van der Waals surface area contributed by atoms with Crippen molar-refractivity contribution >= 4 is 35.0 Å². The van der Waals surface area contributed by atoms with E-state index in [1.807, 2.05) is 46.8 Å². The lowest BCUT2D eigenvalue weighted by atomic mass is 9.98. The van der Waals surface area contributed by atoms with Gasteiger partial charge in [0.25, 0.3) is 0 Å². The van der Waals surface area contributed by atoms with Gasteiger partial charge in [0, 0.05) is 22.8 Å². The SMILES string of the molecule is CC(C)[C@H](NP(=O)(Cl)Oc1cccc2cccnc12)C(=O)OCC(C)(C)C. The van der Waals surface area contributed by atoms with Crippen molar-refractivity contribution in [3.05, 3.63) is 36.5 Å². The standard InChI is InChI=1S/C19H26ClN2O4P/c1-13(2)16(18(23)25-12-19(3,4)5)22-27(20,24)26-15-10-6-8-14-9-7-11-21-17(14)15/h6-11,13,16H,12H2,1-5H3,(H,22,24)/t16-,27?/m0/s1. The Kier molecular flexibility index (Phi) is 6.90. The van der Waals surface area contributed by atoms with Crippen molar-refractivity contribution in [2.45, 2.75) is 40.7 Å². The molecule has 8 heteroatoms. The van der Waals surface area contributed by atoms with Crippen LogP contribution in [0.5, 0.6) is 5.75 Å². The fourth-order valence-electron chi connectivity index (χ4n) is 2.32. The van der Waals surface area contributed by atoms with E-state index >= 15 is 0 Å². The molecule has 27 heavy (non-hydrogen) atoms. The predicted octanol–water partition coefficient (Wildman–Crippen LogP) is 5.16. The molecule has 0 aliphatic rings. The second-order valence-corrected chi connectivity index (χ2v) is 10.7. The van der Waals surface area contributed by atoms with Crippen molar-refractivity contribution < 1.29 is 18.6 Å². The maximum absolute atomic E-state index is 12.8. The molecule has 1 aromatic heterocycles. The summed E-state index contributed by atoms with van der Waals surface area (Å²) < 4.78 is 23.7. The first-order valence-corrected chi connectivity index (χ1v) is 11.3. The van der Waals surface area contributed by atoms with Crippen molar-refractivity contribution in [1.82, 2.24) is 10.1 Å². The van der Waals surface area contributed by atoms with Crippen molar-refractivity contribution in [2.24, 2.45) is 11.3 Å². The summed E-state index contributed by atoms with van der Waals surface area (Å²) in [6, 6.07) is 8.05. The van der Waals surface area contributed by atoms with Crippen LogP contribution < -0.4 is 9.61 Å². The smallest absolute Gasteiger partial charge is 0.409 e. The van der Waals surface area contributed by atoms with Crippen LogP contribution >= 0.6 is 18.1 Å². The molecule has 0 fully saturated rings. The first kappa shape index (κ1) is 21.7. The Labute approximate surface area is 164 Å². The van der Waals surface area contributed by atoms with Crippen LogP contribution in [0.4, 0.5) is 0 Å². The second kappa shape index (κ2) is 8.59. The Bertz CT molecular complexity index is 846.